The molecule has 1 aliphatic rings. The van der Waals surface area contributed by atoms with Crippen molar-refractivity contribution in [1.29, 1.82) is 0 Å². The lowest BCUT2D eigenvalue weighted by Gasteiger charge is -2.20. The Kier molecular flexibility index (Phi) is 7.60. The molecule has 2 atom stereocenters. The lowest BCUT2D eigenvalue weighted by molar-refractivity contribution is 0.551. The van der Waals surface area contributed by atoms with Crippen LogP contribution < -0.4 is 10.0 Å². The molecule has 0 heterocycles. The molecule has 0 radical (unpaired) electrons. The Hall–Kier alpha value is 0.220. The van der Waals surface area contributed by atoms with E-state index in [1.807, 2.05) is 11.8 Å². The zero-order valence-corrected chi connectivity index (χ0v) is 13.1. The van der Waals surface area contributed by atoms with Gasteiger partial charge in [0.05, 0.1) is 5.75 Å². The summed E-state index contributed by atoms with van der Waals surface area (Å²) in [5, 5.41) is 3.59. The zero-order valence-electron chi connectivity index (χ0n) is 11.4. The van der Waals surface area contributed by atoms with Gasteiger partial charge in [0.15, 0.2) is 0 Å². The molecule has 1 aliphatic carbocycles. The fourth-order valence-electron chi connectivity index (χ4n) is 2.27. The van der Waals surface area contributed by atoms with E-state index < -0.39 is 10.0 Å². The normalized spacial score (nSPS) is 24.6. The van der Waals surface area contributed by atoms with E-state index in [4.69, 9.17) is 0 Å². The smallest absolute Gasteiger partial charge is 0.213 e. The summed E-state index contributed by atoms with van der Waals surface area (Å²) in [6, 6.07) is 0.145. The van der Waals surface area contributed by atoms with E-state index in [2.05, 4.69) is 23.9 Å². The third-order valence-corrected chi connectivity index (χ3v) is 5.87. The molecule has 4 nitrogen and oxygen atoms in total. The molecule has 1 fully saturated rings. The van der Waals surface area contributed by atoms with Crippen molar-refractivity contribution in [2.75, 3.05) is 24.6 Å². The van der Waals surface area contributed by atoms with Crippen LogP contribution in [0.15, 0.2) is 0 Å². The molecule has 0 amide bonds. The van der Waals surface area contributed by atoms with Gasteiger partial charge in [0.25, 0.3) is 0 Å². The van der Waals surface area contributed by atoms with Gasteiger partial charge in [-0.3, -0.25) is 0 Å². The van der Waals surface area contributed by atoms with Crippen molar-refractivity contribution in [3.05, 3.63) is 0 Å². The van der Waals surface area contributed by atoms with Gasteiger partial charge in [0.2, 0.25) is 10.0 Å². The van der Waals surface area contributed by atoms with Crippen molar-refractivity contribution < 1.29 is 8.42 Å². The van der Waals surface area contributed by atoms with Gasteiger partial charge in [0, 0.05) is 17.8 Å². The SMILES string of the molecule is CCCNCCS(=O)(=O)NC1CCCC1SCC. The van der Waals surface area contributed by atoms with Crippen molar-refractivity contribution in [3.63, 3.8) is 0 Å². The molecule has 0 aromatic carbocycles. The number of thioether (sulfide) groups is 1. The predicted molar refractivity (Wildman–Crippen MR) is 79.6 cm³/mol. The first-order valence-electron chi connectivity index (χ1n) is 6.91. The Morgan fingerprint density at radius 2 is 2.00 bits per heavy atom. The van der Waals surface area contributed by atoms with Crippen molar-refractivity contribution >= 4 is 21.8 Å². The van der Waals surface area contributed by atoms with Gasteiger partial charge >= 0.3 is 0 Å². The largest absolute Gasteiger partial charge is 0.316 e. The van der Waals surface area contributed by atoms with Crippen LogP contribution in [0.25, 0.3) is 0 Å². The average molecular weight is 294 g/mol. The molecule has 18 heavy (non-hydrogen) atoms. The molecule has 0 spiro atoms. The monoisotopic (exact) mass is 294 g/mol. The molecule has 1 rings (SSSR count). The second-order valence-corrected chi connectivity index (χ2v) is 8.11. The van der Waals surface area contributed by atoms with Gasteiger partial charge in [-0.2, -0.15) is 11.8 Å². The highest BCUT2D eigenvalue weighted by Crippen LogP contribution is 2.30. The molecule has 108 valence electrons. The molecule has 0 aromatic rings. The molecule has 0 aliphatic heterocycles. The van der Waals surface area contributed by atoms with Gasteiger partial charge in [-0.05, 0) is 31.6 Å². The lowest BCUT2D eigenvalue weighted by atomic mass is 10.3. The summed E-state index contributed by atoms with van der Waals surface area (Å²) in [7, 11) is -3.12. The summed E-state index contributed by atoms with van der Waals surface area (Å²) >= 11 is 1.88. The molecule has 6 heteroatoms. The standard InChI is InChI=1S/C12H26N2O2S2/c1-3-8-13-9-10-18(15,16)14-11-6-5-7-12(11)17-4-2/h11-14H,3-10H2,1-2H3. The van der Waals surface area contributed by atoms with E-state index >= 15 is 0 Å². The van der Waals surface area contributed by atoms with Crippen LogP contribution in [0.4, 0.5) is 0 Å². The van der Waals surface area contributed by atoms with E-state index in [1.54, 1.807) is 0 Å². The summed E-state index contributed by atoms with van der Waals surface area (Å²) < 4.78 is 26.8. The Labute approximate surface area is 116 Å². The predicted octanol–water partition coefficient (Wildman–Crippen LogP) is 1.58. The van der Waals surface area contributed by atoms with E-state index in [9.17, 15) is 8.42 Å². The van der Waals surface area contributed by atoms with E-state index in [0.717, 1.165) is 38.0 Å². The third-order valence-electron chi connectivity index (χ3n) is 3.14. The molecule has 2 N–H and O–H groups in total. The molecule has 0 saturated heterocycles. The molecule has 1 saturated carbocycles. The van der Waals surface area contributed by atoms with Gasteiger partial charge in [-0.1, -0.05) is 20.3 Å². The van der Waals surface area contributed by atoms with E-state index in [1.165, 1.54) is 0 Å². The maximum absolute atomic E-state index is 11.9. The van der Waals surface area contributed by atoms with Crippen molar-refractivity contribution in [2.45, 2.75) is 50.8 Å². The summed E-state index contributed by atoms with van der Waals surface area (Å²) in [5.41, 5.74) is 0. The number of hydrogen-bond donors (Lipinski definition) is 2. The highest BCUT2D eigenvalue weighted by Gasteiger charge is 2.30. The first-order chi connectivity index (χ1) is 8.59. The zero-order chi connectivity index (χ0) is 13.4. The topological polar surface area (TPSA) is 58.2 Å². The molecule has 0 aromatic heterocycles. The number of rotatable bonds is 9. The quantitative estimate of drug-likeness (QED) is 0.634. The van der Waals surface area contributed by atoms with Crippen molar-refractivity contribution in [2.24, 2.45) is 0 Å². The van der Waals surface area contributed by atoms with Crippen LogP contribution in [0, 0.1) is 0 Å². The number of sulfonamides is 1. The van der Waals surface area contributed by atoms with E-state index in [-0.39, 0.29) is 11.8 Å². The Bertz CT molecular complexity index is 320. The first-order valence-corrected chi connectivity index (χ1v) is 9.61. The average Bonchev–Trinajstić information content (AvgIpc) is 2.72. The highest BCUT2D eigenvalue weighted by atomic mass is 32.2. The third kappa shape index (κ3) is 5.91. The Morgan fingerprint density at radius 3 is 2.67 bits per heavy atom. The van der Waals surface area contributed by atoms with Gasteiger partial charge < -0.3 is 5.32 Å². The second kappa shape index (κ2) is 8.40. The van der Waals surface area contributed by atoms with Crippen molar-refractivity contribution in [3.8, 4) is 0 Å². The number of nitrogens with one attached hydrogen (secondary N) is 2. The Morgan fingerprint density at radius 1 is 1.22 bits per heavy atom. The van der Waals surface area contributed by atoms with Crippen LogP contribution >= 0.6 is 11.8 Å². The maximum Gasteiger partial charge on any atom is 0.213 e. The van der Waals surface area contributed by atoms with E-state index in [0.29, 0.717) is 11.8 Å². The second-order valence-electron chi connectivity index (χ2n) is 4.72. The minimum Gasteiger partial charge on any atom is -0.316 e. The van der Waals surface area contributed by atoms with Gasteiger partial charge in [-0.25, -0.2) is 13.1 Å². The fraction of sp³-hybridized carbons (Fsp3) is 1.00. The minimum atomic E-state index is -3.12. The molecular formula is C12H26N2O2S2. The lowest BCUT2D eigenvalue weighted by Crippen LogP contribution is -2.41. The Balaban J connectivity index is 2.34. The van der Waals surface area contributed by atoms with Crippen LogP contribution in [-0.2, 0) is 10.0 Å². The summed E-state index contributed by atoms with van der Waals surface area (Å²) in [5.74, 6) is 1.24. The van der Waals surface area contributed by atoms with Gasteiger partial charge in [0.1, 0.15) is 0 Å². The van der Waals surface area contributed by atoms with Crippen LogP contribution in [0.2, 0.25) is 0 Å². The maximum atomic E-state index is 11.9. The molecular weight excluding hydrogens is 268 g/mol. The first kappa shape index (κ1) is 16.3. The van der Waals surface area contributed by atoms with Crippen LogP contribution in [0.5, 0.6) is 0 Å². The van der Waals surface area contributed by atoms with Crippen LogP contribution in [0.3, 0.4) is 0 Å². The minimum absolute atomic E-state index is 0.145. The summed E-state index contributed by atoms with van der Waals surface area (Å²) in [4.78, 5) is 0. The summed E-state index contributed by atoms with van der Waals surface area (Å²) in [6.07, 6.45) is 4.29. The number of hydrogen-bond acceptors (Lipinski definition) is 4. The highest BCUT2D eigenvalue weighted by molar-refractivity contribution is 8.00. The van der Waals surface area contributed by atoms with Crippen LogP contribution in [-0.4, -0.2) is 44.3 Å². The molecule has 0 bridgehead atoms. The molecule has 2 unspecified atom stereocenters. The fourth-order valence-corrected chi connectivity index (χ4v) is 4.83. The van der Waals surface area contributed by atoms with Crippen LogP contribution in [0.1, 0.15) is 39.5 Å². The van der Waals surface area contributed by atoms with Gasteiger partial charge in [-0.15, -0.1) is 0 Å². The summed E-state index contributed by atoms with van der Waals surface area (Å²) in [6.45, 7) is 5.63. The van der Waals surface area contributed by atoms with Crippen molar-refractivity contribution in [1.82, 2.24) is 10.0 Å².